The van der Waals surface area contributed by atoms with Gasteiger partial charge >= 0.3 is 0 Å². The Morgan fingerprint density at radius 2 is 1.93 bits per heavy atom. The van der Waals surface area contributed by atoms with Crippen molar-refractivity contribution >= 4 is 21.8 Å². The molecular weight excluding hydrogens is 376 g/mol. The van der Waals surface area contributed by atoms with E-state index in [-0.39, 0.29) is 29.2 Å². The highest BCUT2D eigenvalue weighted by atomic mass is 32.2. The number of benzene rings is 1. The van der Waals surface area contributed by atoms with Crippen LogP contribution in [0.2, 0.25) is 0 Å². The van der Waals surface area contributed by atoms with Gasteiger partial charge in [-0.1, -0.05) is 32.0 Å². The molecular formula is C21H26N2O4S. The first-order chi connectivity index (χ1) is 13.1. The lowest BCUT2D eigenvalue weighted by atomic mass is 9.69. The fraction of sp³-hybridized carbons (Fsp3) is 0.619. The van der Waals surface area contributed by atoms with E-state index < -0.39 is 21.5 Å². The van der Waals surface area contributed by atoms with E-state index in [1.807, 2.05) is 30.3 Å². The maximum atomic E-state index is 13.5. The summed E-state index contributed by atoms with van der Waals surface area (Å²) in [5, 5.41) is 0. The number of hydrogen-bond donors (Lipinski definition) is 0. The summed E-state index contributed by atoms with van der Waals surface area (Å²) in [5.41, 5.74) is -0.810. The smallest absolute Gasteiger partial charge is 0.267 e. The molecule has 7 heteroatoms. The Labute approximate surface area is 166 Å². The fourth-order valence-electron chi connectivity index (χ4n) is 6.13. The van der Waals surface area contributed by atoms with E-state index in [1.165, 1.54) is 4.31 Å². The van der Waals surface area contributed by atoms with Crippen molar-refractivity contribution in [2.45, 2.75) is 51.6 Å². The Bertz CT molecular complexity index is 987. The highest BCUT2D eigenvalue weighted by Gasteiger charge is 2.73. The number of amides is 1. The minimum atomic E-state index is -3.66. The number of nitrogens with zero attached hydrogens (tertiary/aromatic N) is 2. The van der Waals surface area contributed by atoms with E-state index in [1.54, 1.807) is 6.92 Å². The number of hydrogen-bond acceptors (Lipinski definition) is 5. The predicted octanol–water partition coefficient (Wildman–Crippen LogP) is 2.59. The summed E-state index contributed by atoms with van der Waals surface area (Å²) in [7, 11) is -3.66. The molecule has 2 aliphatic heterocycles. The molecule has 2 saturated carbocycles. The van der Waals surface area contributed by atoms with Crippen LogP contribution >= 0.6 is 0 Å². The number of carbonyl (C=O) groups is 1. The first kappa shape index (κ1) is 18.2. The van der Waals surface area contributed by atoms with Gasteiger partial charge in [-0.3, -0.25) is 4.79 Å². The standard InChI is InChI=1S/C21H26N2O4S/c1-19(2)15-9-10-21(19)13-28(25,26)23(16(21)11-15)18(24)20(3)12-27-17(22-20)14-7-5-4-6-8-14/h4-8,15-16H,9-13H2,1-3H3/t15-,16-,20+,21-/m1/s1. The first-order valence-electron chi connectivity index (χ1n) is 9.95. The van der Waals surface area contributed by atoms with Crippen molar-refractivity contribution < 1.29 is 17.9 Å². The molecule has 1 amide bonds. The molecule has 1 aromatic rings. The van der Waals surface area contributed by atoms with Gasteiger partial charge in [0.05, 0.1) is 11.8 Å². The molecule has 6 nitrogen and oxygen atoms in total. The van der Waals surface area contributed by atoms with Gasteiger partial charge < -0.3 is 4.74 Å². The number of fused-ring (bicyclic) bond motifs is 1. The van der Waals surface area contributed by atoms with Gasteiger partial charge in [-0.05, 0) is 49.7 Å². The van der Waals surface area contributed by atoms with E-state index in [9.17, 15) is 13.2 Å². The Hall–Kier alpha value is -1.89. The number of carbonyl (C=O) groups excluding carboxylic acids is 1. The van der Waals surface area contributed by atoms with Gasteiger partial charge in [0.1, 0.15) is 6.61 Å². The molecule has 28 heavy (non-hydrogen) atoms. The summed E-state index contributed by atoms with van der Waals surface area (Å²) in [6.07, 6.45) is 2.70. The minimum Gasteiger partial charge on any atom is -0.474 e. The van der Waals surface area contributed by atoms with Crippen molar-refractivity contribution in [1.29, 1.82) is 0 Å². The van der Waals surface area contributed by atoms with Gasteiger partial charge in [0.15, 0.2) is 5.54 Å². The molecule has 1 spiro atoms. The van der Waals surface area contributed by atoms with Gasteiger partial charge in [0.2, 0.25) is 15.9 Å². The molecule has 0 unspecified atom stereocenters. The van der Waals surface area contributed by atoms with Gasteiger partial charge in [0.25, 0.3) is 5.91 Å². The molecule has 5 rings (SSSR count). The van der Waals surface area contributed by atoms with Crippen LogP contribution in [0.15, 0.2) is 35.3 Å². The third-order valence-corrected chi connectivity index (χ3v) is 9.83. The predicted molar refractivity (Wildman–Crippen MR) is 105 cm³/mol. The number of ether oxygens (including phenoxy) is 1. The van der Waals surface area contributed by atoms with E-state index in [0.717, 1.165) is 24.8 Å². The van der Waals surface area contributed by atoms with Crippen molar-refractivity contribution in [3.05, 3.63) is 35.9 Å². The molecule has 3 fully saturated rings. The summed E-state index contributed by atoms with van der Waals surface area (Å²) in [6, 6.07) is 9.15. The van der Waals surface area contributed by atoms with Crippen molar-refractivity contribution in [2.75, 3.05) is 12.4 Å². The first-order valence-corrected chi connectivity index (χ1v) is 11.6. The molecule has 2 aliphatic carbocycles. The lowest BCUT2D eigenvalue weighted by Crippen LogP contribution is -2.52. The highest BCUT2D eigenvalue weighted by Crippen LogP contribution is 2.70. The van der Waals surface area contributed by atoms with Gasteiger partial charge in [0, 0.05) is 11.0 Å². The monoisotopic (exact) mass is 402 g/mol. The van der Waals surface area contributed by atoms with E-state index in [2.05, 4.69) is 18.8 Å². The number of sulfonamides is 1. The van der Waals surface area contributed by atoms with Crippen molar-refractivity contribution in [3.63, 3.8) is 0 Å². The molecule has 2 heterocycles. The molecule has 1 aromatic carbocycles. The molecule has 150 valence electrons. The quantitative estimate of drug-likeness (QED) is 0.762. The number of aliphatic imine (C=N–C) groups is 1. The SMILES string of the molecule is CC1(C)[C@@H]2CC[C@]13CS(=O)(=O)N(C(=O)[C@]1(C)COC(c4ccccc4)=N1)[C@@H]3C2. The Morgan fingerprint density at radius 1 is 1.21 bits per heavy atom. The van der Waals surface area contributed by atoms with Crippen LogP contribution in [0, 0.1) is 16.7 Å². The highest BCUT2D eigenvalue weighted by molar-refractivity contribution is 7.90. The second-order valence-corrected chi connectivity index (χ2v) is 11.4. The maximum Gasteiger partial charge on any atom is 0.267 e. The zero-order valence-corrected chi connectivity index (χ0v) is 17.3. The minimum absolute atomic E-state index is 0.0641. The molecule has 2 bridgehead atoms. The van der Waals surface area contributed by atoms with Crippen molar-refractivity contribution in [2.24, 2.45) is 21.7 Å². The third kappa shape index (κ3) is 2.11. The van der Waals surface area contributed by atoms with Crippen LogP contribution in [-0.2, 0) is 19.6 Å². The summed E-state index contributed by atoms with van der Waals surface area (Å²) < 4.78 is 33.2. The van der Waals surface area contributed by atoms with Gasteiger partial charge in [-0.25, -0.2) is 17.7 Å². The average Bonchev–Trinajstić information content (AvgIpc) is 3.29. The average molecular weight is 403 g/mol. The van der Waals surface area contributed by atoms with Crippen molar-refractivity contribution in [3.8, 4) is 0 Å². The topological polar surface area (TPSA) is 76.0 Å². The van der Waals surface area contributed by atoms with Gasteiger partial charge in [-0.15, -0.1) is 0 Å². The molecule has 0 aromatic heterocycles. The molecule has 4 aliphatic rings. The summed E-state index contributed by atoms with van der Waals surface area (Å²) in [6.45, 7) is 6.11. The van der Waals surface area contributed by atoms with Crippen molar-refractivity contribution in [1.82, 2.24) is 4.31 Å². The van der Waals surface area contributed by atoms with Crippen LogP contribution < -0.4 is 0 Å². The Kier molecular flexibility index (Phi) is 3.49. The molecule has 0 radical (unpaired) electrons. The lowest BCUT2D eigenvalue weighted by Gasteiger charge is -2.37. The zero-order valence-electron chi connectivity index (χ0n) is 16.5. The van der Waals surface area contributed by atoms with Crippen LogP contribution in [0.3, 0.4) is 0 Å². The van der Waals surface area contributed by atoms with E-state index >= 15 is 0 Å². The van der Waals surface area contributed by atoms with Crippen LogP contribution in [0.25, 0.3) is 0 Å². The van der Waals surface area contributed by atoms with Crippen LogP contribution in [-0.4, -0.2) is 48.5 Å². The normalized spacial score (nSPS) is 39.5. The van der Waals surface area contributed by atoms with E-state index in [4.69, 9.17) is 4.74 Å². The van der Waals surface area contributed by atoms with E-state index in [0.29, 0.717) is 11.8 Å². The van der Waals surface area contributed by atoms with Crippen LogP contribution in [0.4, 0.5) is 0 Å². The summed E-state index contributed by atoms with van der Waals surface area (Å²) in [4.78, 5) is 18.1. The molecule has 0 N–H and O–H groups in total. The maximum absolute atomic E-state index is 13.5. The Morgan fingerprint density at radius 3 is 2.61 bits per heavy atom. The largest absolute Gasteiger partial charge is 0.474 e. The molecule has 4 atom stereocenters. The second-order valence-electron chi connectivity index (χ2n) is 9.57. The summed E-state index contributed by atoms with van der Waals surface area (Å²) in [5.74, 6) is 0.505. The van der Waals surface area contributed by atoms with Gasteiger partial charge in [-0.2, -0.15) is 0 Å². The van der Waals surface area contributed by atoms with Crippen LogP contribution in [0.5, 0.6) is 0 Å². The lowest BCUT2D eigenvalue weighted by molar-refractivity contribution is -0.134. The summed E-state index contributed by atoms with van der Waals surface area (Å²) >= 11 is 0. The zero-order chi connectivity index (χ0) is 19.9. The van der Waals surface area contributed by atoms with Crippen LogP contribution in [0.1, 0.15) is 45.6 Å². The number of rotatable bonds is 2. The second kappa shape index (κ2) is 5.38. The Balaban J connectivity index is 1.52. The third-order valence-electron chi connectivity index (χ3n) is 7.93. The molecule has 1 saturated heterocycles. The fourth-order valence-corrected chi connectivity index (χ4v) is 8.75.